The zero-order valence-electron chi connectivity index (χ0n) is 10.0. The van der Waals surface area contributed by atoms with Crippen LogP contribution in [0.25, 0.3) is 11.1 Å². The highest BCUT2D eigenvalue weighted by Gasteiger charge is 2.24. The lowest BCUT2D eigenvalue weighted by Crippen LogP contribution is -2.13. The maximum absolute atomic E-state index is 6.22. The van der Waals surface area contributed by atoms with Crippen LogP contribution in [0.3, 0.4) is 0 Å². The summed E-state index contributed by atoms with van der Waals surface area (Å²) in [6, 6.07) is 7.66. The molecule has 94 valence electrons. The Morgan fingerprint density at radius 1 is 1.33 bits per heavy atom. The lowest BCUT2D eigenvalue weighted by molar-refractivity contribution is 0.279. The summed E-state index contributed by atoms with van der Waals surface area (Å²) in [5, 5.41) is 4.57. The maximum atomic E-state index is 6.22. The molecule has 2 aromatic rings. The fourth-order valence-corrected chi connectivity index (χ4v) is 2.62. The van der Waals surface area contributed by atoms with Crippen molar-refractivity contribution >= 4 is 17.4 Å². The lowest BCUT2D eigenvalue weighted by Gasteiger charge is -2.24. The van der Waals surface area contributed by atoms with Crippen molar-refractivity contribution in [2.45, 2.75) is 25.7 Å². The van der Waals surface area contributed by atoms with E-state index >= 15 is 0 Å². The van der Waals surface area contributed by atoms with Crippen molar-refractivity contribution in [3.8, 4) is 11.1 Å². The Labute approximate surface area is 111 Å². The first-order chi connectivity index (χ1) is 8.75. The van der Waals surface area contributed by atoms with Crippen LogP contribution in [0, 0.1) is 5.92 Å². The predicted octanol–water partition coefficient (Wildman–Crippen LogP) is 3.92. The standard InChI is InChI=1S/C14H15ClN2O/c15-11-7-2-1-6-10(11)13-12(18-17-14(13)16)8-9-4-3-5-9/h1-2,6-7,9H,3-5,8H2,(H2,16,17). The van der Waals surface area contributed by atoms with Gasteiger partial charge in [0.1, 0.15) is 5.76 Å². The van der Waals surface area contributed by atoms with Crippen LogP contribution >= 0.6 is 11.6 Å². The Balaban J connectivity index is 1.99. The highest BCUT2D eigenvalue weighted by molar-refractivity contribution is 6.33. The number of nitrogens with two attached hydrogens (primary N) is 1. The molecule has 0 saturated heterocycles. The minimum atomic E-state index is 0.428. The average Bonchev–Trinajstić information content (AvgIpc) is 2.66. The summed E-state index contributed by atoms with van der Waals surface area (Å²) >= 11 is 6.22. The number of hydrogen-bond acceptors (Lipinski definition) is 3. The van der Waals surface area contributed by atoms with Gasteiger partial charge in [-0.05, 0) is 12.0 Å². The monoisotopic (exact) mass is 262 g/mol. The van der Waals surface area contributed by atoms with Crippen molar-refractivity contribution < 1.29 is 4.52 Å². The van der Waals surface area contributed by atoms with Crippen molar-refractivity contribution in [2.75, 3.05) is 5.73 Å². The first-order valence-corrected chi connectivity index (χ1v) is 6.62. The summed E-state index contributed by atoms with van der Waals surface area (Å²) in [5.74, 6) is 2.00. The van der Waals surface area contributed by atoms with Gasteiger partial charge < -0.3 is 10.3 Å². The SMILES string of the molecule is Nc1noc(CC2CCC2)c1-c1ccccc1Cl. The molecule has 1 aromatic carbocycles. The number of nitrogen functional groups attached to an aromatic ring is 1. The Morgan fingerprint density at radius 2 is 2.11 bits per heavy atom. The summed E-state index contributed by atoms with van der Waals surface area (Å²) < 4.78 is 5.38. The van der Waals surface area contributed by atoms with Crippen LogP contribution in [0.2, 0.25) is 5.02 Å². The lowest BCUT2D eigenvalue weighted by atomic mass is 9.81. The fourth-order valence-electron chi connectivity index (χ4n) is 2.39. The second kappa shape index (κ2) is 4.65. The summed E-state index contributed by atoms with van der Waals surface area (Å²) in [6.45, 7) is 0. The number of rotatable bonds is 3. The van der Waals surface area contributed by atoms with E-state index in [-0.39, 0.29) is 0 Å². The van der Waals surface area contributed by atoms with E-state index in [0.29, 0.717) is 16.8 Å². The van der Waals surface area contributed by atoms with Crippen LogP contribution in [0.4, 0.5) is 5.82 Å². The molecule has 0 atom stereocenters. The third kappa shape index (κ3) is 1.99. The molecule has 1 aliphatic carbocycles. The molecule has 1 saturated carbocycles. The highest BCUT2D eigenvalue weighted by Crippen LogP contribution is 2.38. The normalized spacial score (nSPS) is 15.6. The molecule has 0 spiro atoms. The third-order valence-corrected chi connectivity index (χ3v) is 3.96. The minimum Gasteiger partial charge on any atom is -0.380 e. The van der Waals surface area contributed by atoms with Crippen LogP contribution in [0.5, 0.6) is 0 Å². The van der Waals surface area contributed by atoms with E-state index in [1.807, 2.05) is 24.3 Å². The van der Waals surface area contributed by atoms with Crippen molar-refractivity contribution in [1.82, 2.24) is 5.16 Å². The van der Waals surface area contributed by atoms with Crippen LogP contribution in [-0.2, 0) is 6.42 Å². The van der Waals surface area contributed by atoms with Crippen LogP contribution < -0.4 is 5.73 Å². The second-order valence-corrected chi connectivity index (χ2v) is 5.25. The van der Waals surface area contributed by atoms with Gasteiger partial charge >= 0.3 is 0 Å². The van der Waals surface area contributed by atoms with E-state index < -0.39 is 0 Å². The van der Waals surface area contributed by atoms with Crippen molar-refractivity contribution in [3.63, 3.8) is 0 Å². The predicted molar refractivity (Wildman–Crippen MR) is 72.4 cm³/mol. The second-order valence-electron chi connectivity index (χ2n) is 4.85. The van der Waals surface area contributed by atoms with Gasteiger partial charge in [0.05, 0.1) is 5.56 Å². The zero-order chi connectivity index (χ0) is 12.5. The van der Waals surface area contributed by atoms with Crippen LogP contribution in [-0.4, -0.2) is 5.16 Å². The number of anilines is 1. The Hall–Kier alpha value is -1.48. The first kappa shape index (κ1) is 11.6. The molecule has 0 bridgehead atoms. The molecule has 1 aromatic heterocycles. The molecule has 1 heterocycles. The maximum Gasteiger partial charge on any atom is 0.175 e. The summed E-state index contributed by atoms with van der Waals surface area (Å²) in [4.78, 5) is 0. The molecule has 1 fully saturated rings. The van der Waals surface area contributed by atoms with E-state index in [4.69, 9.17) is 21.9 Å². The van der Waals surface area contributed by atoms with Gasteiger partial charge in [0.2, 0.25) is 0 Å². The van der Waals surface area contributed by atoms with Gasteiger partial charge in [-0.25, -0.2) is 0 Å². The van der Waals surface area contributed by atoms with Gasteiger partial charge in [0.15, 0.2) is 5.82 Å². The highest BCUT2D eigenvalue weighted by atomic mass is 35.5. The summed E-state index contributed by atoms with van der Waals surface area (Å²) in [6.07, 6.45) is 4.76. The van der Waals surface area contributed by atoms with Crippen molar-refractivity contribution in [3.05, 3.63) is 35.0 Å². The topological polar surface area (TPSA) is 52.0 Å². The molecule has 0 aliphatic heterocycles. The average molecular weight is 263 g/mol. The molecular weight excluding hydrogens is 248 g/mol. The molecule has 0 unspecified atom stereocenters. The van der Waals surface area contributed by atoms with E-state index in [1.54, 1.807) is 0 Å². The zero-order valence-corrected chi connectivity index (χ0v) is 10.8. The summed E-state index contributed by atoms with van der Waals surface area (Å²) in [5.41, 5.74) is 7.69. The van der Waals surface area contributed by atoms with E-state index in [9.17, 15) is 0 Å². The van der Waals surface area contributed by atoms with Crippen LogP contribution in [0.15, 0.2) is 28.8 Å². The number of halogens is 1. The molecule has 1 aliphatic rings. The van der Waals surface area contributed by atoms with Gasteiger partial charge in [-0.3, -0.25) is 0 Å². The molecule has 4 heteroatoms. The number of nitrogens with zero attached hydrogens (tertiary/aromatic N) is 1. The fraction of sp³-hybridized carbons (Fsp3) is 0.357. The van der Waals surface area contributed by atoms with E-state index in [1.165, 1.54) is 19.3 Å². The molecular formula is C14H15ClN2O. The molecule has 0 amide bonds. The van der Waals surface area contributed by atoms with Crippen molar-refractivity contribution in [2.24, 2.45) is 5.92 Å². The van der Waals surface area contributed by atoms with Crippen LogP contribution in [0.1, 0.15) is 25.0 Å². The van der Waals surface area contributed by atoms with Gasteiger partial charge in [0, 0.05) is 17.0 Å². The Kier molecular flexibility index (Phi) is 3.00. The first-order valence-electron chi connectivity index (χ1n) is 6.24. The van der Waals surface area contributed by atoms with Gasteiger partial charge in [-0.1, -0.05) is 54.2 Å². The quantitative estimate of drug-likeness (QED) is 0.912. The van der Waals surface area contributed by atoms with E-state index in [2.05, 4.69) is 5.16 Å². The Bertz CT molecular complexity index is 561. The minimum absolute atomic E-state index is 0.428. The van der Waals surface area contributed by atoms with E-state index in [0.717, 1.165) is 23.3 Å². The molecule has 3 nitrogen and oxygen atoms in total. The smallest absolute Gasteiger partial charge is 0.175 e. The molecule has 18 heavy (non-hydrogen) atoms. The molecule has 2 N–H and O–H groups in total. The Morgan fingerprint density at radius 3 is 2.78 bits per heavy atom. The van der Waals surface area contributed by atoms with Gasteiger partial charge in [-0.2, -0.15) is 0 Å². The molecule has 3 rings (SSSR count). The largest absolute Gasteiger partial charge is 0.380 e. The number of benzene rings is 1. The number of hydrogen-bond donors (Lipinski definition) is 1. The summed E-state index contributed by atoms with van der Waals surface area (Å²) in [7, 11) is 0. The van der Waals surface area contributed by atoms with Gasteiger partial charge in [-0.15, -0.1) is 0 Å². The number of aromatic nitrogens is 1. The van der Waals surface area contributed by atoms with Gasteiger partial charge in [0.25, 0.3) is 0 Å². The molecule has 0 radical (unpaired) electrons. The third-order valence-electron chi connectivity index (χ3n) is 3.63. The van der Waals surface area contributed by atoms with Crippen molar-refractivity contribution in [1.29, 1.82) is 0 Å².